The van der Waals surface area contributed by atoms with Crippen LogP contribution in [0.3, 0.4) is 0 Å². The third kappa shape index (κ3) is 5.16. The summed E-state index contributed by atoms with van der Waals surface area (Å²) in [6.07, 6.45) is -10.5. The Labute approximate surface area is 164 Å². The molecule has 1 amide bonds. The Balaban J connectivity index is 1.77. The van der Waals surface area contributed by atoms with Crippen LogP contribution < -0.4 is 5.32 Å². The van der Waals surface area contributed by atoms with Crippen molar-refractivity contribution in [3.8, 4) is 11.3 Å². The van der Waals surface area contributed by atoms with E-state index in [4.69, 9.17) is 4.52 Å². The van der Waals surface area contributed by atoms with Crippen molar-refractivity contribution < 1.29 is 40.1 Å². The number of nitrogens with one attached hydrogen (secondary N) is 1. The van der Waals surface area contributed by atoms with E-state index in [0.29, 0.717) is 17.7 Å². The van der Waals surface area contributed by atoms with Gasteiger partial charge in [0.2, 0.25) is 5.91 Å². The van der Waals surface area contributed by atoms with Crippen molar-refractivity contribution in [2.75, 3.05) is 5.32 Å². The fourth-order valence-corrected chi connectivity index (χ4v) is 2.54. The molecule has 4 nitrogen and oxygen atoms in total. The topological polar surface area (TPSA) is 55.1 Å². The van der Waals surface area contributed by atoms with Crippen molar-refractivity contribution in [1.29, 1.82) is 0 Å². The number of alkyl halides is 6. The molecular formula is C19H11F7N2O2. The molecule has 3 aromatic rings. The van der Waals surface area contributed by atoms with E-state index in [-0.39, 0.29) is 17.5 Å². The highest BCUT2D eigenvalue weighted by molar-refractivity contribution is 5.92. The van der Waals surface area contributed by atoms with Gasteiger partial charge in [0.1, 0.15) is 5.82 Å². The minimum absolute atomic E-state index is 0.0394. The Morgan fingerprint density at radius 1 is 0.900 bits per heavy atom. The molecular weight excluding hydrogens is 421 g/mol. The average molecular weight is 432 g/mol. The summed E-state index contributed by atoms with van der Waals surface area (Å²) in [7, 11) is 0. The number of carbonyl (C=O) groups is 1. The summed E-state index contributed by atoms with van der Waals surface area (Å²) in [6.45, 7) is 0. The summed E-state index contributed by atoms with van der Waals surface area (Å²) in [5.41, 5.74) is -3.22. The third-order valence-corrected chi connectivity index (χ3v) is 3.90. The highest BCUT2D eigenvalue weighted by Crippen LogP contribution is 2.37. The molecule has 158 valence electrons. The number of benzene rings is 2. The molecule has 3 rings (SSSR count). The molecule has 1 heterocycles. The van der Waals surface area contributed by atoms with Gasteiger partial charge >= 0.3 is 12.4 Å². The van der Waals surface area contributed by atoms with Crippen LogP contribution in [0.1, 0.15) is 16.8 Å². The van der Waals surface area contributed by atoms with Gasteiger partial charge in [0.25, 0.3) is 0 Å². The van der Waals surface area contributed by atoms with E-state index in [9.17, 15) is 35.5 Å². The Bertz CT molecular complexity index is 1020. The summed E-state index contributed by atoms with van der Waals surface area (Å²) in [6, 6.07) is 7.27. The maximum Gasteiger partial charge on any atom is 0.416 e. The molecule has 0 fully saturated rings. The first-order chi connectivity index (χ1) is 13.9. The average Bonchev–Trinajstić information content (AvgIpc) is 3.08. The third-order valence-electron chi connectivity index (χ3n) is 3.90. The molecule has 0 atom stereocenters. The van der Waals surface area contributed by atoms with E-state index in [1.54, 1.807) is 0 Å². The number of rotatable bonds is 4. The number of hydrogen-bond acceptors (Lipinski definition) is 3. The molecule has 0 radical (unpaired) electrons. The van der Waals surface area contributed by atoms with Crippen LogP contribution in [-0.2, 0) is 23.6 Å². The second-order valence-corrected chi connectivity index (χ2v) is 6.21. The SMILES string of the molecule is O=C(Cc1cc(-c2ccc(F)cc2)on1)Nc1cc(C(F)(F)F)cc(C(F)(F)F)c1. The van der Waals surface area contributed by atoms with Crippen LogP contribution in [0.15, 0.2) is 53.1 Å². The zero-order chi connectivity index (χ0) is 22.1. The number of anilines is 1. The normalized spacial score (nSPS) is 12.1. The maximum absolute atomic E-state index is 13.0. The smallest absolute Gasteiger partial charge is 0.356 e. The van der Waals surface area contributed by atoms with Crippen LogP contribution >= 0.6 is 0 Å². The minimum Gasteiger partial charge on any atom is -0.356 e. The van der Waals surface area contributed by atoms with E-state index in [1.807, 2.05) is 5.32 Å². The summed E-state index contributed by atoms with van der Waals surface area (Å²) in [5.74, 6) is -1.17. The van der Waals surface area contributed by atoms with Gasteiger partial charge < -0.3 is 9.84 Å². The lowest BCUT2D eigenvalue weighted by molar-refractivity contribution is -0.143. The Kier molecular flexibility index (Phi) is 5.55. The highest BCUT2D eigenvalue weighted by Gasteiger charge is 2.37. The fourth-order valence-electron chi connectivity index (χ4n) is 2.54. The Morgan fingerprint density at radius 2 is 1.47 bits per heavy atom. The van der Waals surface area contributed by atoms with E-state index >= 15 is 0 Å². The minimum atomic E-state index is -5.03. The highest BCUT2D eigenvalue weighted by atomic mass is 19.4. The van der Waals surface area contributed by atoms with Gasteiger partial charge in [0.05, 0.1) is 23.2 Å². The van der Waals surface area contributed by atoms with E-state index < -0.39 is 47.3 Å². The fraction of sp³-hybridized carbons (Fsp3) is 0.158. The van der Waals surface area contributed by atoms with Gasteiger partial charge in [-0.15, -0.1) is 0 Å². The number of nitrogens with zero attached hydrogens (tertiary/aromatic N) is 1. The monoisotopic (exact) mass is 432 g/mol. The van der Waals surface area contributed by atoms with Crippen molar-refractivity contribution in [2.24, 2.45) is 0 Å². The van der Waals surface area contributed by atoms with Crippen molar-refractivity contribution in [3.05, 3.63) is 71.2 Å². The van der Waals surface area contributed by atoms with Crippen LogP contribution in [0.5, 0.6) is 0 Å². The first kappa shape index (κ1) is 21.3. The van der Waals surface area contributed by atoms with Crippen molar-refractivity contribution in [2.45, 2.75) is 18.8 Å². The van der Waals surface area contributed by atoms with Gasteiger partial charge in [-0.2, -0.15) is 26.3 Å². The molecule has 0 aliphatic carbocycles. The van der Waals surface area contributed by atoms with Crippen LogP contribution in [0.25, 0.3) is 11.3 Å². The van der Waals surface area contributed by atoms with Crippen molar-refractivity contribution in [3.63, 3.8) is 0 Å². The molecule has 1 N–H and O–H groups in total. The predicted molar refractivity (Wildman–Crippen MR) is 90.7 cm³/mol. The summed E-state index contributed by atoms with van der Waals surface area (Å²) in [4.78, 5) is 12.1. The van der Waals surface area contributed by atoms with Gasteiger partial charge in [-0.1, -0.05) is 5.16 Å². The van der Waals surface area contributed by atoms with Crippen LogP contribution in [0.2, 0.25) is 0 Å². The second-order valence-electron chi connectivity index (χ2n) is 6.21. The maximum atomic E-state index is 13.0. The number of amides is 1. The molecule has 2 aromatic carbocycles. The Morgan fingerprint density at radius 3 is 2.00 bits per heavy atom. The van der Waals surface area contributed by atoms with Crippen molar-refractivity contribution in [1.82, 2.24) is 5.16 Å². The van der Waals surface area contributed by atoms with Gasteiger partial charge in [-0.3, -0.25) is 4.79 Å². The van der Waals surface area contributed by atoms with Crippen LogP contribution in [0.4, 0.5) is 36.4 Å². The molecule has 0 saturated heterocycles. The zero-order valence-electron chi connectivity index (χ0n) is 14.7. The molecule has 0 aliphatic heterocycles. The predicted octanol–water partition coefficient (Wildman–Crippen LogP) is 5.70. The molecule has 30 heavy (non-hydrogen) atoms. The standard InChI is InChI=1S/C19H11F7N2O2/c20-13-3-1-10(2-4-13)16-8-15(28-30-16)9-17(29)27-14-6-11(18(21,22)23)5-12(7-14)19(24,25)26/h1-8H,9H2,(H,27,29). The van der Waals surface area contributed by atoms with Crippen LogP contribution in [0, 0.1) is 5.82 Å². The largest absolute Gasteiger partial charge is 0.416 e. The lowest BCUT2D eigenvalue weighted by Gasteiger charge is -2.14. The summed E-state index contributed by atoms with van der Waals surface area (Å²) in [5, 5.41) is 5.62. The van der Waals surface area contributed by atoms with E-state index in [0.717, 1.165) is 0 Å². The lowest BCUT2D eigenvalue weighted by atomic mass is 10.1. The lowest BCUT2D eigenvalue weighted by Crippen LogP contribution is -2.17. The van der Waals surface area contributed by atoms with Gasteiger partial charge in [-0.25, -0.2) is 4.39 Å². The number of halogens is 7. The van der Waals surface area contributed by atoms with Gasteiger partial charge in [0, 0.05) is 17.3 Å². The van der Waals surface area contributed by atoms with E-state index in [1.165, 1.54) is 30.3 Å². The number of carbonyl (C=O) groups excluding carboxylic acids is 1. The van der Waals surface area contributed by atoms with Gasteiger partial charge in [-0.05, 0) is 42.5 Å². The number of hydrogen-bond donors (Lipinski definition) is 1. The summed E-state index contributed by atoms with van der Waals surface area (Å²) < 4.78 is 95.3. The van der Waals surface area contributed by atoms with Crippen molar-refractivity contribution >= 4 is 11.6 Å². The van der Waals surface area contributed by atoms with Crippen LogP contribution in [-0.4, -0.2) is 11.1 Å². The zero-order valence-corrected chi connectivity index (χ0v) is 14.7. The molecule has 11 heteroatoms. The molecule has 1 aromatic heterocycles. The first-order valence-corrected chi connectivity index (χ1v) is 8.23. The summed E-state index contributed by atoms with van der Waals surface area (Å²) >= 11 is 0. The van der Waals surface area contributed by atoms with Gasteiger partial charge in [0.15, 0.2) is 5.76 Å². The quantitative estimate of drug-likeness (QED) is 0.539. The molecule has 0 saturated carbocycles. The second kappa shape index (κ2) is 7.81. The first-order valence-electron chi connectivity index (χ1n) is 8.23. The Hall–Kier alpha value is -3.37. The molecule has 0 unspecified atom stereocenters. The molecule has 0 bridgehead atoms. The molecule has 0 aliphatic rings. The molecule has 0 spiro atoms. The number of aromatic nitrogens is 1. The van der Waals surface area contributed by atoms with E-state index in [2.05, 4.69) is 5.16 Å².